The maximum atomic E-state index is 11.4. The van der Waals surface area contributed by atoms with Crippen LogP contribution in [0.2, 0.25) is 0 Å². The van der Waals surface area contributed by atoms with Crippen LogP contribution in [0.4, 0.5) is 5.69 Å². The molecule has 3 N–H and O–H groups in total. The summed E-state index contributed by atoms with van der Waals surface area (Å²) >= 11 is 0. The highest BCUT2D eigenvalue weighted by molar-refractivity contribution is 5.95. The molecule has 1 aliphatic carbocycles. The van der Waals surface area contributed by atoms with Gasteiger partial charge in [0.2, 0.25) is 0 Å². The van der Waals surface area contributed by atoms with E-state index in [9.17, 15) is 9.90 Å². The molecule has 1 aliphatic heterocycles. The molecule has 20 heavy (non-hydrogen) atoms. The largest absolute Gasteiger partial charge is 0.478 e. The van der Waals surface area contributed by atoms with Gasteiger partial charge in [0.15, 0.2) is 0 Å². The molecule has 0 bridgehead atoms. The summed E-state index contributed by atoms with van der Waals surface area (Å²) in [7, 11) is 0. The highest BCUT2D eigenvalue weighted by Gasteiger charge is 2.35. The van der Waals surface area contributed by atoms with Crippen molar-refractivity contribution in [3.63, 3.8) is 0 Å². The maximum Gasteiger partial charge on any atom is 0.338 e. The number of carbonyl (C=O) groups is 1. The lowest BCUT2D eigenvalue weighted by Gasteiger charge is -2.32. The fourth-order valence-electron chi connectivity index (χ4n) is 3.93. The van der Waals surface area contributed by atoms with E-state index in [2.05, 4.69) is 4.90 Å². The first-order valence-corrected chi connectivity index (χ1v) is 7.51. The Morgan fingerprint density at radius 1 is 1.30 bits per heavy atom. The minimum absolute atomic E-state index is 0.284. The summed E-state index contributed by atoms with van der Waals surface area (Å²) in [4.78, 5) is 13.9. The molecule has 2 aliphatic rings. The van der Waals surface area contributed by atoms with E-state index in [1.54, 1.807) is 6.07 Å². The van der Waals surface area contributed by atoms with Crippen molar-refractivity contribution in [1.82, 2.24) is 4.90 Å². The SMILES string of the molecule is Nc1cccc(CN2CCC3CCCCC32)c1C(=O)O. The lowest BCUT2D eigenvalue weighted by molar-refractivity contribution is 0.0695. The molecule has 0 amide bonds. The molecule has 1 aromatic rings. The molecule has 2 atom stereocenters. The number of hydrogen-bond donors (Lipinski definition) is 2. The van der Waals surface area contributed by atoms with Gasteiger partial charge < -0.3 is 10.8 Å². The van der Waals surface area contributed by atoms with E-state index in [1.165, 1.54) is 32.1 Å². The molecule has 1 heterocycles. The molecule has 4 nitrogen and oxygen atoms in total. The zero-order valence-corrected chi connectivity index (χ0v) is 11.7. The van der Waals surface area contributed by atoms with Gasteiger partial charge in [-0.1, -0.05) is 25.0 Å². The third-order valence-corrected chi connectivity index (χ3v) is 4.90. The van der Waals surface area contributed by atoms with Gasteiger partial charge in [-0.05, 0) is 43.4 Å². The summed E-state index contributed by atoms with van der Waals surface area (Å²) in [5.74, 6) is -0.101. The van der Waals surface area contributed by atoms with Crippen LogP contribution in [0.15, 0.2) is 18.2 Å². The fraction of sp³-hybridized carbons (Fsp3) is 0.562. The topological polar surface area (TPSA) is 66.6 Å². The predicted molar refractivity (Wildman–Crippen MR) is 78.6 cm³/mol. The number of carboxylic acid groups (broad SMARTS) is 1. The van der Waals surface area contributed by atoms with Gasteiger partial charge in [-0.15, -0.1) is 0 Å². The predicted octanol–water partition coefficient (Wildman–Crippen LogP) is 2.73. The molecule has 1 saturated heterocycles. The quantitative estimate of drug-likeness (QED) is 0.832. The number of likely N-dealkylation sites (tertiary alicyclic amines) is 1. The van der Waals surface area contributed by atoms with Gasteiger partial charge in [0, 0.05) is 18.3 Å². The molecule has 3 rings (SSSR count). The molecule has 0 radical (unpaired) electrons. The third kappa shape index (κ3) is 2.40. The number of fused-ring (bicyclic) bond motifs is 1. The smallest absolute Gasteiger partial charge is 0.338 e. The van der Waals surface area contributed by atoms with Gasteiger partial charge in [-0.25, -0.2) is 4.79 Å². The number of rotatable bonds is 3. The van der Waals surface area contributed by atoms with Crippen LogP contribution in [-0.2, 0) is 6.54 Å². The van der Waals surface area contributed by atoms with Crippen molar-refractivity contribution in [3.8, 4) is 0 Å². The first-order valence-electron chi connectivity index (χ1n) is 7.51. The average molecular weight is 274 g/mol. The molecule has 2 unspecified atom stereocenters. The average Bonchev–Trinajstić information content (AvgIpc) is 2.82. The summed E-state index contributed by atoms with van der Waals surface area (Å²) in [6, 6.07) is 6.06. The first kappa shape index (κ1) is 13.4. The Hall–Kier alpha value is -1.55. The van der Waals surface area contributed by atoms with Gasteiger partial charge in [-0.2, -0.15) is 0 Å². The molecule has 108 valence electrons. The van der Waals surface area contributed by atoms with Crippen LogP contribution < -0.4 is 5.73 Å². The van der Waals surface area contributed by atoms with Crippen molar-refractivity contribution in [2.45, 2.75) is 44.7 Å². The number of nitrogen functional groups attached to an aromatic ring is 1. The molecule has 1 saturated carbocycles. The van der Waals surface area contributed by atoms with Gasteiger partial charge in [0.25, 0.3) is 0 Å². The Balaban J connectivity index is 1.81. The van der Waals surface area contributed by atoms with Gasteiger partial charge >= 0.3 is 5.97 Å². The lowest BCUT2D eigenvalue weighted by atomic mass is 9.85. The van der Waals surface area contributed by atoms with Crippen molar-refractivity contribution in [3.05, 3.63) is 29.3 Å². The van der Waals surface area contributed by atoms with Crippen molar-refractivity contribution in [2.75, 3.05) is 12.3 Å². The minimum atomic E-state index is -0.919. The van der Waals surface area contributed by atoms with Crippen molar-refractivity contribution in [1.29, 1.82) is 0 Å². The van der Waals surface area contributed by atoms with Crippen LogP contribution in [0.1, 0.15) is 48.0 Å². The molecule has 1 aromatic carbocycles. The van der Waals surface area contributed by atoms with Crippen molar-refractivity contribution in [2.24, 2.45) is 5.92 Å². The van der Waals surface area contributed by atoms with E-state index in [1.807, 2.05) is 12.1 Å². The Morgan fingerprint density at radius 2 is 2.10 bits per heavy atom. The molecule has 0 aromatic heterocycles. The second-order valence-electron chi connectivity index (χ2n) is 6.06. The van der Waals surface area contributed by atoms with Gasteiger partial charge in [-0.3, -0.25) is 4.90 Å². The number of hydrogen-bond acceptors (Lipinski definition) is 3. The zero-order valence-electron chi connectivity index (χ0n) is 11.7. The number of nitrogens with two attached hydrogens (primary N) is 1. The van der Waals surface area contributed by atoms with Gasteiger partial charge in [0.1, 0.15) is 0 Å². The van der Waals surface area contributed by atoms with Crippen LogP contribution >= 0.6 is 0 Å². The van der Waals surface area contributed by atoms with E-state index < -0.39 is 5.97 Å². The van der Waals surface area contributed by atoms with Crippen LogP contribution in [0.5, 0.6) is 0 Å². The third-order valence-electron chi connectivity index (χ3n) is 4.90. The standard InChI is InChI=1S/C16H22N2O2/c17-13-6-3-5-12(15(13)16(19)20)10-18-9-8-11-4-1-2-7-14(11)18/h3,5-6,11,14H,1-2,4,7-10,17H2,(H,19,20). The van der Waals surface area contributed by atoms with Crippen LogP contribution in [0, 0.1) is 5.92 Å². The first-order chi connectivity index (χ1) is 9.66. The number of aromatic carboxylic acids is 1. The second-order valence-corrected chi connectivity index (χ2v) is 6.06. The molecule has 4 heteroatoms. The highest BCUT2D eigenvalue weighted by Crippen LogP contribution is 2.37. The fourth-order valence-corrected chi connectivity index (χ4v) is 3.93. The lowest BCUT2D eigenvalue weighted by Crippen LogP contribution is -2.34. The van der Waals surface area contributed by atoms with E-state index in [0.29, 0.717) is 18.3 Å². The van der Waals surface area contributed by atoms with Crippen molar-refractivity contribution >= 4 is 11.7 Å². The number of benzene rings is 1. The zero-order chi connectivity index (χ0) is 14.1. The summed E-state index contributed by atoms with van der Waals surface area (Å²) in [5, 5.41) is 9.35. The summed E-state index contributed by atoms with van der Waals surface area (Å²) in [5.41, 5.74) is 7.33. The van der Waals surface area contributed by atoms with E-state index in [4.69, 9.17) is 5.73 Å². The highest BCUT2D eigenvalue weighted by atomic mass is 16.4. The Kier molecular flexibility index (Phi) is 3.66. The number of anilines is 1. The summed E-state index contributed by atoms with van der Waals surface area (Å²) < 4.78 is 0. The van der Waals surface area contributed by atoms with Crippen LogP contribution in [0.3, 0.4) is 0 Å². The maximum absolute atomic E-state index is 11.4. The molecule has 2 fully saturated rings. The normalized spacial score (nSPS) is 26.4. The Morgan fingerprint density at radius 3 is 2.90 bits per heavy atom. The molecule has 0 spiro atoms. The van der Waals surface area contributed by atoms with Crippen LogP contribution in [-0.4, -0.2) is 28.6 Å². The Bertz CT molecular complexity index is 515. The van der Waals surface area contributed by atoms with Gasteiger partial charge in [0.05, 0.1) is 5.56 Å². The van der Waals surface area contributed by atoms with Crippen molar-refractivity contribution < 1.29 is 9.90 Å². The Labute approximate surface area is 119 Å². The number of carboxylic acids is 1. The van der Waals surface area contributed by atoms with Crippen LogP contribution in [0.25, 0.3) is 0 Å². The van der Waals surface area contributed by atoms with E-state index in [-0.39, 0.29) is 5.56 Å². The molecular formula is C16H22N2O2. The number of nitrogens with zero attached hydrogens (tertiary/aromatic N) is 1. The minimum Gasteiger partial charge on any atom is -0.478 e. The molecular weight excluding hydrogens is 252 g/mol. The monoisotopic (exact) mass is 274 g/mol. The second kappa shape index (κ2) is 5.44. The van der Waals surface area contributed by atoms with E-state index >= 15 is 0 Å². The summed E-state index contributed by atoms with van der Waals surface area (Å²) in [6.07, 6.45) is 6.52. The summed E-state index contributed by atoms with van der Waals surface area (Å²) in [6.45, 7) is 1.80. The van der Waals surface area contributed by atoms with E-state index in [0.717, 1.165) is 18.0 Å².